The molecule has 138 valence electrons. The van der Waals surface area contributed by atoms with E-state index < -0.39 is 0 Å². The molecule has 1 aromatic heterocycles. The van der Waals surface area contributed by atoms with Gasteiger partial charge in [-0.3, -0.25) is 0 Å². The number of aromatic nitrogens is 1. The Balaban J connectivity index is 1.41. The van der Waals surface area contributed by atoms with E-state index in [1.807, 2.05) is 18.2 Å². The molecular formula is C20H30N2O3. The van der Waals surface area contributed by atoms with Gasteiger partial charge in [-0.15, -0.1) is 0 Å². The Bertz CT molecular complexity index is 535. The zero-order valence-corrected chi connectivity index (χ0v) is 15.1. The summed E-state index contributed by atoms with van der Waals surface area (Å²) in [4.78, 5) is 6.98. The lowest BCUT2D eigenvalue weighted by molar-refractivity contribution is -0.142. The molecule has 3 aliphatic heterocycles. The minimum absolute atomic E-state index is 0.110. The van der Waals surface area contributed by atoms with Crippen LogP contribution < -0.4 is 4.74 Å². The fourth-order valence-electron chi connectivity index (χ4n) is 4.69. The first-order valence-electron chi connectivity index (χ1n) is 9.80. The van der Waals surface area contributed by atoms with Crippen molar-refractivity contribution >= 4 is 0 Å². The van der Waals surface area contributed by atoms with Crippen LogP contribution in [0.2, 0.25) is 0 Å². The lowest BCUT2D eigenvalue weighted by Crippen LogP contribution is -2.58. The number of fused-ring (bicyclic) bond motifs is 1. The van der Waals surface area contributed by atoms with Crippen LogP contribution in [0.3, 0.4) is 0 Å². The molecule has 3 aliphatic rings. The zero-order valence-electron chi connectivity index (χ0n) is 15.1. The number of pyridine rings is 1. The van der Waals surface area contributed by atoms with Crippen molar-refractivity contribution in [2.45, 2.75) is 38.2 Å². The van der Waals surface area contributed by atoms with Crippen LogP contribution in [0.25, 0.3) is 0 Å². The maximum absolute atomic E-state index is 6.16. The Kier molecular flexibility index (Phi) is 5.54. The summed E-state index contributed by atoms with van der Waals surface area (Å²) in [5.74, 6) is 1.51. The molecule has 2 atom stereocenters. The molecule has 0 aliphatic carbocycles. The molecule has 0 saturated carbocycles. The fraction of sp³-hybridized carbons (Fsp3) is 0.750. The van der Waals surface area contributed by atoms with E-state index in [1.165, 1.54) is 25.8 Å². The molecular weight excluding hydrogens is 316 g/mol. The first kappa shape index (κ1) is 17.3. The molecule has 3 fully saturated rings. The van der Waals surface area contributed by atoms with Crippen LogP contribution >= 0.6 is 0 Å². The fourth-order valence-corrected chi connectivity index (χ4v) is 4.69. The van der Waals surface area contributed by atoms with Crippen LogP contribution in [0.4, 0.5) is 0 Å². The molecule has 0 aromatic carbocycles. The normalized spacial score (nSPS) is 31.4. The second-order valence-corrected chi connectivity index (χ2v) is 7.86. The third-order valence-electron chi connectivity index (χ3n) is 6.07. The minimum atomic E-state index is 0.110. The predicted octanol–water partition coefficient (Wildman–Crippen LogP) is 2.76. The molecule has 0 amide bonds. The summed E-state index contributed by atoms with van der Waals surface area (Å²) in [6.45, 7) is 6.89. The van der Waals surface area contributed by atoms with Gasteiger partial charge in [0.2, 0.25) is 5.88 Å². The first-order chi connectivity index (χ1) is 12.3. The van der Waals surface area contributed by atoms with E-state index in [2.05, 4.69) is 9.88 Å². The lowest BCUT2D eigenvalue weighted by Gasteiger charge is -2.50. The Hall–Kier alpha value is -1.17. The number of nitrogens with zero attached hydrogens (tertiary/aromatic N) is 2. The molecule has 3 saturated heterocycles. The van der Waals surface area contributed by atoms with Crippen LogP contribution in [0.1, 0.15) is 32.1 Å². The number of piperidine rings is 1. The Morgan fingerprint density at radius 3 is 2.96 bits per heavy atom. The van der Waals surface area contributed by atoms with Crippen molar-refractivity contribution in [3.63, 3.8) is 0 Å². The summed E-state index contributed by atoms with van der Waals surface area (Å²) in [5.41, 5.74) is 0.110. The van der Waals surface area contributed by atoms with Crippen molar-refractivity contribution < 1.29 is 14.2 Å². The van der Waals surface area contributed by atoms with Crippen molar-refractivity contribution in [2.75, 3.05) is 46.1 Å². The quantitative estimate of drug-likeness (QED) is 0.820. The average molecular weight is 346 g/mol. The summed E-state index contributed by atoms with van der Waals surface area (Å²) in [6.07, 6.45) is 7.97. The van der Waals surface area contributed by atoms with E-state index in [1.54, 1.807) is 6.20 Å². The standard InChI is InChI=1S/C20H30N2O3/c1-2-9-21-19(4-1)25-16-20-8-3-11-24-18(20)5-10-22(15-20)14-17-6-12-23-13-7-17/h1-2,4,9,17-18H,3,5-8,10-16H2. The summed E-state index contributed by atoms with van der Waals surface area (Å²) in [5, 5.41) is 0. The molecule has 0 N–H and O–H groups in total. The van der Waals surface area contributed by atoms with Crippen LogP contribution in [0, 0.1) is 11.3 Å². The van der Waals surface area contributed by atoms with E-state index >= 15 is 0 Å². The van der Waals surface area contributed by atoms with E-state index in [0.717, 1.165) is 57.5 Å². The van der Waals surface area contributed by atoms with E-state index in [4.69, 9.17) is 14.2 Å². The summed E-state index contributed by atoms with van der Waals surface area (Å²) < 4.78 is 17.8. The molecule has 0 radical (unpaired) electrons. The van der Waals surface area contributed by atoms with Gasteiger partial charge in [0, 0.05) is 57.1 Å². The predicted molar refractivity (Wildman–Crippen MR) is 95.7 cm³/mol. The van der Waals surface area contributed by atoms with E-state index in [9.17, 15) is 0 Å². The molecule has 5 nitrogen and oxygen atoms in total. The van der Waals surface area contributed by atoms with Gasteiger partial charge in [0.05, 0.1) is 12.7 Å². The number of hydrogen-bond donors (Lipinski definition) is 0. The van der Waals surface area contributed by atoms with Gasteiger partial charge in [-0.1, -0.05) is 6.07 Å². The molecule has 4 rings (SSSR count). The van der Waals surface area contributed by atoms with E-state index in [-0.39, 0.29) is 5.41 Å². The largest absolute Gasteiger partial charge is 0.477 e. The van der Waals surface area contributed by atoms with Crippen LogP contribution in [-0.2, 0) is 9.47 Å². The smallest absolute Gasteiger partial charge is 0.213 e. The van der Waals surface area contributed by atoms with Gasteiger partial charge in [0.25, 0.3) is 0 Å². The van der Waals surface area contributed by atoms with Gasteiger partial charge >= 0.3 is 0 Å². The van der Waals surface area contributed by atoms with Gasteiger partial charge in [-0.05, 0) is 44.1 Å². The monoisotopic (exact) mass is 346 g/mol. The van der Waals surface area contributed by atoms with Crippen LogP contribution in [0.5, 0.6) is 5.88 Å². The summed E-state index contributed by atoms with van der Waals surface area (Å²) in [7, 11) is 0. The summed E-state index contributed by atoms with van der Waals surface area (Å²) in [6, 6.07) is 5.85. The van der Waals surface area contributed by atoms with Crippen LogP contribution in [0.15, 0.2) is 24.4 Å². The molecule has 1 aromatic rings. The highest BCUT2D eigenvalue weighted by Crippen LogP contribution is 2.41. The van der Waals surface area contributed by atoms with Gasteiger partial charge in [0.15, 0.2) is 0 Å². The highest BCUT2D eigenvalue weighted by molar-refractivity contribution is 5.10. The molecule has 0 bridgehead atoms. The highest BCUT2D eigenvalue weighted by atomic mass is 16.5. The van der Waals surface area contributed by atoms with Crippen molar-refractivity contribution in [1.82, 2.24) is 9.88 Å². The molecule has 25 heavy (non-hydrogen) atoms. The Labute approximate surface area is 150 Å². The molecule has 0 spiro atoms. The lowest BCUT2D eigenvalue weighted by atomic mass is 9.72. The van der Waals surface area contributed by atoms with Crippen molar-refractivity contribution in [3.8, 4) is 5.88 Å². The molecule has 5 heteroatoms. The number of likely N-dealkylation sites (tertiary alicyclic amines) is 1. The average Bonchev–Trinajstić information content (AvgIpc) is 2.68. The van der Waals surface area contributed by atoms with Crippen molar-refractivity contribution in [3.05, 3.63) is 24.4 Å². The second-order valence-electron chi connectivity index (χ2n) is 7.86. The zero-order chi connectivity index (χ0) is 17.0. The second kappa shape index (κ2) is 8.02. The third kappa shape index (κ3) is 4.15. The van der Waals surface area contributed by atoms with Gasteiger partial charge in [-0.25, -0.2) is 4.98 Å². The molecule has 4 heterocycles. The third-order valence-corrected chi connectivity index (χ3v) is 6.07. The Morgan fingerprint density at radius 1 is 1.20 bits per heavy atom. The highest BCUT2D eigenvalue weighted by Gasteiger charge is 2.47. The SMILES string of the molecule is c1ccc(OCC23CCCOC2CCN(CC2CCOCC2)C3)nc1. The number of rotatable bonds is 5. The van der Waals surface area contributed by atoms with Gasteiger partial charge in [0.1, 0.15) is 0 Å². The first-order valence-corrected chi connectivity index (χ1v) is 9.80. The van der Waals surface area contributed by atoms with E-state index in [0.29, 0.717) is 12.7 Å². The van der Waals surface area contributed by atoms with Gasteiger partial charge in [-0.2, -0.15) is 0 Å². The maximum atomic E-state index is 6.16. The number of ether oxygens (including phenoxy) is 3. The topological polar surface area (TPSA) is 43.8 Å². The minimum Gasteiger partial charge on any atom is -0.477 e. The number of hydrogen-bond acceptors (Lipinski definition) is 5. The maximum Gasteiger partial charge on any atom is 0.213 e. The Morgan fingerprint density at radius 2 is 2.12 bits per heavy atom. The van der Waals surface area contributed by atoms with Gasteiger partial charge < -0.3 is 19.1 Å². The van der Waals surface area contributed by atoms with Crippen molar-refractivity contribution in [2.24, 2.45) is 11.3 Å². The van der Waals surface area contributed by atoms with Crippen molar-refractivity contribution in [1.29, 1.82) is 0 Å². The summed E-state index contributed by atoms with van der Waals surface area (Å²) >= 11 is 0. The molecule has 2 unspecified atom stereocenters. The van der Waals surface area contributed by atoms with Crippen LogP contribution in [-0.4, -0.2) is 62.0 Å².